The van der Waals surface area contributed by atoms with Gasteiger partial charge >= 0.3 is 0 Å². The van der Waals surface area contributed by atoms with Gasteiger partial charge in [0, 0.05) is 24.6 Å². The predicted octanol–water partition coefficient (Wildman–Crippen LogP) is 0.336. The first kappa shape index (κ1) is 9.40. The Morgan fingerprint density at radius 2 is 2.07 bits per heavy atom. The largest absolute Gasteiger partial charge is 0.373 e. The molecule has 1 saturated heterocycles. The van der Waals surface area contributed by atoms with Crippen LogP contribution in [0, 0.1) is 5.92 Å². The van der Waals surface area contributed by atoms with Crippen molar-refractivity contribution in [1.82, 2.24) is 4.90 Å². The van der Waals surface area contributed by atoms with E-state index in [9.17, 15) is 9.59 Å². The highest BCUT2D eigenvalue weighted by atomic mass is 16.6. The van der Waals surface area contributed by atoms with Crippen LogP contribution in [0.25, 0.3) is 0 Å². The van der Waals surface area contributed by atoms with E-state index in [0.717, 1.165) is 13.0 Å². The van der Waals surface area contributed by atoms with E-state index in [2.05, 4.69) is 0 Å². The molecule has 0 spiro atoms. The Balaban J connectivity index is 1.95. The van der Waals surface area contributed by atoms with Crippen molar-refractivity contribution in [2.45, 2.75) is 19.4 Å². The van der Waals surface area contributed by atoms with Crippen molar-refractivity contribution in [3.05, 3.63) is 12.2 Å². The monoisotopic (exact) mass is 195 g/mol. The number of ether oxygens (including phenoxy) is 1. The molecule has 14 heavy (non-hydrogen) atoms. The fourth-order valence-corrected chi connectivity index (χ4v) is 1.68. The summed E-state index contributed by atoms with van der Waals surface area (Å²) in [7, 11) is 0. The summed E-state index contributed by atoms with van der Waals surface area (Å²) in [6, 6.07) is 0. The van der Waals surface area contributed by atoms with Crippen LogP contribution in [0.4, 0.5) is 0 Å². The van der Waals surface area contributed by atoms with Crippen LogP contribution in [0.1, 0.15) is 13.3 Å². The van der Waals surface area contributed by atoms with E-state index in [4.69, 9.17) is 4.74 Å². The standard InChI is InChI=1S/C10H13NO3/c1-2-7(8-6-14-8)5-11-9(12)3-4-10(11)13/h3-4,7-8H,2,5-6H2,1H3. The predicted molar refractivity (Wildman–Crippen MR) is 49.4 cm³/mol. The number of imide groups is 1. The van der Waals surface area contributed by atoms with Gasteiger partial charge in [-0.25, -0.2) is 0 Å². The van der Waals surface area contributed by atoms with E-state index < -0.39 is 0 Å². The number of nitrogens with zero attached hydrogens (tertiary/aromatic N) is 1. The molecule has 0 N–H and O–H groups in total. The van der Waals surface area contributed by atoms with Crippen molar-refractivity contribution in [3.8, 4) is 0 Å². The minimum atomic E-state index is -0.200. The molecule has 4 heteroatoms. The molecule has 0 aromatic rings. The van der Waals surface area contributed by atoms with Crippen molar-refractivity contribution in [3.63, 3.8) is 0 Å². The van der Waals surface area contributed by atoms with Crippen LogP contribution in [0.3, 0.4) is 0 Å². The molecule has 0 aromatic carbocycles. The average molecular weight is 195 g/mol. The third-order valence-electron chi connectivity index (χ3n) is 2.73. The molecule has 1 fully saturated rings. The summed E-state index contributed by atoms with van der Waals surface area (Å²) in [6.07, 6.45) is 3.83. The van der Waals surface area contributed by atoms with E-state index in [-0.39, 0.29) is 17.9 Å². The van der Waals surface area contributed by atoms with Gasteiger partial charge in [0.15, 0.2) is 0 Å². The first-order valence-electron chi connectivity index (χ1n) is 4.87. The zero-order valence-corrected chi connectivity index (χ0v) is 8.10. The smallest absolute Gasteiger partial charge is 0.253 e. The molecule has 2 amide bonds. The number of amides is 2. The lowest BCUT2D eigenvalue weighted by Crippen LogP contribution is -2.36. The molecule has 2 aliphatic heterocycles. The Hall–Kier alpha value is -1.16. The second kappa shape index (κ2) is 3.53. The number of hydrogen-bond acceptors (Lipinski definition) is 3. The van der Waals surface area contributed by atoms with Gasteiger partial charge in [-0.1, -0.05) is 6.92 Å². The molecule has 0 aliphatic carbocycles. The molecule has 76 valence electrons. The minimum absolute atomic E-state index is 0.200. The average Bonchev–Trinajstić information content (AvgIpc) is 2.95. The summed E-state index contributed by atoms with van der Waals surface area (Å²) in [6.45, 7) is 3.30. The van der Waals surface area contributed by atoms with Crippen LogP contribution < -0.4 is 0 Å². The minimum Gasteiger partial charge on any atom is -0.373 e. The quantitative estimate of drug-likeness (QED) is 0.480. The normalized spacial score (nSPS) is 27.2. The lowest BCUT2D eigenvalue weighted by molar-refractivity contribution is -0.137. The fraction of sp³-hybridized carbons (Fsp3) is 0.600. The van der Waals surface area contributed by atoms with Gasteiger partial charge in [0.1, 0.15) is 0 Å². The third-order valence-corrected chi connectivity index (χ3v) is 2.73. The molecule has 0 bridgehead atoms. The maximum Gasteiger partial charge on any atom is 0.253 e. The summed E-state index contributed by atoms with van der Waals surface area (Å²) in [5.74, 6) is -0.106. The molecular weight excluding hydrogens is 182 g/mol. The Kier molecular flexibility index (Phi) is 2.37. The molecule has 2 atom stereocenters. The molecule has 2 heterocycles. The first-order chi connectivity index (χ1) is 6.72. The van der Waals surface area contributed by atoms with Crippen molar-refractivity contribution in [2.75, 3.05) is 13.2 Å². The summed E-state index contributed by atoms with van der Waals surface area (Å²) < 4.78 is 5.17. The Labute approximate surface area is 82.5 Å². The maximum absolute atomic E-state index is 11.3. The second-order valence-electron chi connectivity index (χ2n) is 3.66. The highest BCUT2D eigenvalue weighted by Crippen LogP contribution is 2.24. The number of rotatable bonds is 4. The Morgan fingerprint density at radius 1 is 1.50 bits per heavy atom. The van der Waals surface area contributed by atoms with Crippen molar-refractivity contribution in [2.24, 2.45) is 5.92 Å². The van der Waals surface area contributed by atoms with Gasteiger partial charge < -0.3 is 4.74 Å². The van der Waals surface area contributed by atoms with Crippen LogP contribution in [0.2, 0.25) is 0 Å². The van der Waals surface area contributed by atoms with Crippen LogP contribution in [0.15, 0.2) is 12.2 Å². The Morgan fingerprint density at radius 3 is 2.50 bits per heavy atom. The lowest BCUT2D eigenvalue weighted by Gasteiger charge is -2.19. The highest BCUT2D eigenvalue weighted by Gasteiger charge is 2.35. The van der Waals surface area contributed by atoms with Crippen LogP contribution in [-0.2, 0) is 14.3 Å². The summed E-state index contributed by atoms with van der Waals surface area (Å²) in [5.41, 5.74) is 0. The highest BCUT2D eigenvalue weighted by molar-refractivity contribution is 6.12. The van der Waals surface area contributed by atoms with Gasteiger partial charge in [-0.05, 0) is 6.42 Å². The van der Waals surface area contributed by atoms with E-state index in [0.29, 0.717) is 12.5 Å². The maximum atomic E-state index is 11.3. The molecule has 2 rings (SSSR count). The first-order valence-corrected chi connectivity index (χ1v) is 4.87. The summed E-state index contributed by atoms with van der Waals surface area (Å²) in [4.78, 5) is 23.8. The van der Waals surface area contributed by atoms with Gasteiger partial charge in [-0.3, -0.25) is 14.5 Å². The van der Waals surface area contributed by atoms with Gasteiger partial charge in [-0.2, -0.15) is 0 Å². The SMILES string of the molecule is CCC(CN1C(=O)C=CC1=O)C1CO1. The summed E-state index contributed by atoms with van der Waals surface area (Å²) >= 11 is 0. The van der Waals surface area contributed by atoms with Crippen LogP contribution in [0.5, 0.6) is 0 Å². The topological polar surface area (TPSA) is 49.9 Å². The number of carbonyl (C=O) groups excluding carboxylic acids is 2. The molecular formula is C10H13NO3. The molecule has 0 saturated carbocycles. The zero-order valence-electron chi connectivity index (χ0n) is 8.10. The van der Waals surface area contributed by atoms with E-state index in [1.54, 1.807) is 0 Å². The van der Waals surface area contributed by atoms with Crippen molar-refractivity contribution < 1.29 is 14.3 Å². The fourth-order valence-electron chi connectivity index (χ4n) is 1.68. The molecule has 2 unspecified atom stereocenters. The molecule has 2 aliphatic rings. The Bertz CT molecular complexity index is 276. The second-order valence-corrected chi connectivity index (χ2v) is 3.66. The van der Waals surface area contributed by atoms with Gasteiger partial charge in [-0.15, -0.1) is 0 Å². The number of carbonyl (C=O) groups is 2. The zero-order chi connectivity index (χ0) is 10.1. The number of epoxide rings is 1. The van der Waals surface area contributed by atoms with Gasteiger partial charge in [0.2, 0.25) is 0 Å². The van der Waals surface area contributed by atoms with Crippen LogP contribution >= 0.6 is 0 Å². The molecule has 0 aromatic heterocycles. The summed E-state index contributed by atoms with van der Waals surface area (Å²) in [5, 5.41) is 0. The van der Waals surface area contributed by atoms with Crippen LogP contribution in [-0.4, -0.2) is 36.0 Å². The molecule has 0 radical (unpaired) electrons. The van der Waals surface area contributed by atoms with Gasteiger partial charge in [0.05, 0.1) is 12.7 Å². The van der Waals surface area contributed by atoms with E-state index >= 15 is 0 Å². The van der Waals surface area contributed by atoms with Crippen molar-refractivity contribution >= 4 is 11.8 Å². The van der Waals surface area contributed by atoms with E-state index in [1.165, 1.54) is 17.1 Å². The van der Waals surface area contributed by atoms with Crippen molar-refractivity contribution in [1.29, 1.82) is 0 Å². The van der Waals surface area contributed by atoms with E-state index in [1.807, 2.05) is 6.92 Å². The van der Waals surface area contributed by atoms with Gasteiger partial charge in [0.25, 0.3) is 11.8 Å². The third kappa shape index (κ3) is 1.70. The lowest BCUT2D eigenvalue weighted by atomic mass is 10.0. The molecule has 4 nitrogen and oxygen atoms in total. The number of hydrogen-bond donors (Lipinski definition) is 0.